The number of fused-ring (bicyclic) bond motifs is 4. The molecule has 3 aliphatic heterocycles. The highest BCUT2D eigenvalue weighted by atomic mass is 28.4. The number of aromatic nitrogens is 2. The van der Waals surface area contributed by atoms with E-state index in [-0.39, 0.29) is 36.4 Å². The zero-order valence-corrected chi connectivity index (χ0v) is 26.4. The number of ether oxygens (including phenoxy) is 1. The smallest absolute Gasteiger partial charge is 0.279 e. The van der Waals surface area contributed by atoms with Gasteiger partial charge in [0.15, 0.2) is 13.9 Å². The SMILES string of the molecule is C[C@@H]1[C@@H]([Si](C)(C)O)[C@H](CC(=O)N2Cc3ccccc3C[C@H]2CO)O[C@@]12C(=O)Nc1ccc(-n3ncc4ccccc4c3=O)cc12. The average Bonchev–Trinajstić information content (AvgIpc) is 3.48. The van der Waals surface area contributed by atoms with Crippen LogP contribution in [0.15, 0.2) is 77.7 Å². The lowest BCUT2D eigenvalue weighted by Gasteiger charge is -2.37. The number of aliphatic hydroxyl groups excluding tert-OH is 1. The molecule has 4 aromatic rings. The lowest BCUT2D eigenvalue weighted by Crippen LogP contribution is -2.48. The number of aliphatic hydroxyl groups is 1. The second-order valence-electron chi connectivity index (χ2n) is 13.0. The summed E-state index contributed by atoms with van der Waals surface area (Å²) in [6.07, 6.45) is 1.40. The second-order valence-corrected chi connectivity index (χ2v) is 17.0. The molecular weight excluding hydrogens is 588 g/mol. The summed E-state index contributed by atoms with van der Waals surface area (Å²) in [5, 5.41) is 18.8. The minimum atomic E-state index is -3.00. The predicted octanol–water partition coefficient (Wildman–Crippen LogP) is 3.47. The number of rotatable bonds is 5. The Hall–Kier alpha value is -4.16. The van der Waals surface area contributed by atoms with E-state index in [4.69, 9.17) is 4.74 Å². The quantitative estimate of drug-likeness (QED) is 0.290. The molecule has 3 aromatic carbocycles. The predicted molar refractivity (Wildman–Crippen MR) is 171 cm³/mol. The molecule has 1 fully saturated rings. The maximum absolute atomic E-state index is 13.9. The van der Waals surface area contributed by atoms with Crippen molar-refractivity contribution < 1.29 is 24.2 Å². The van der Waals surface area contributed by atoms with Gasteiger partial charge in [0.05, 0.1) is 42.4 Å². The Balaban J connectivity index is 1.26. The highest BCUT2D eigenvalue weighted by Gasteiger charge is 2.65. The molecule has 2 amide bonds. The van der Waals surface area contributed by atoms with Gasteiger partial charge >= 0.3 is 0 Å². The number of hydrogen-bond donors (Lipinski definition) is 3. The minimum Gasteiger partial charge on any atom is -0.432 e. The number of hydrogen-bond acceptors (Lipinski definition) is 7. The number of nitrogens with zero attached hydrogens (tertiary/aromatic N) is 3. The third-order valence-corrected chi connectivity index (χ3v) is 12.4. The van der Waals surface area contributed by atoms with Crippen molar-refractivity contribution in [2.24, 2.45) is 5.92 Å². The van der Waals surface area contributed by atoms with Crippen molar-refractivity contribution in [2.75, 3.05) is 11.9 Å². The normalized spacial score (nSPS) is 25.8. The first-order valence-electron chi connectivity index (χ1n) is 15.3. The van der Waals surface area contributed by atoms with Gasteiger partial charge in [-0.05, 0) is 54.9 Å². The molecule has 3 N–H and O–H groups in total. The largest absolute Gasteiger partial charge is 0.432 e. The summed E-state index contributed by atoms with van der Waals surface area (Å²) in [5.74, 6) is -1.03. The van der Waals surface area contributed by atoms with Crippen LogP contribution in [0.4, 0.5) is 5.69 Å². The molecule has 10 nitrogen and oxygen atoms in total. The molecule has 11 heteroatoms. The van der Waals surface area contributed by atoms with Gasteiger partial charge in [-0.25, -0.2) is 0 Å². The first-order chi connectivity index (χ1) is 21.5. The number of amides is 2. The Kier molecular flexibility index (Phi) is 7.04. The van der Waals surface area contributed by atoms with Crippen LogP contribution in [-0.4, -0.2) is 63.5 Å². The van der Waals surface area contributed by atoms with Crippen LogP contribution in [0.5, 0.6) is 0 Å². The first kappa shape index (κ1) is 29.5. The van der Waals surface area contributed by atoms with Crippen molar-refractivity contribution in [3.05, 3.63) is 100.0 Å². The Morgan fingerprint density at radius 1 is 1.09 bits per heavy atom. The van der Waals surface area contributed by atoms with E-state index in [0.29, 0.717) is 35.3 Å². The number of benzene rings is 3. The number of carbonyl (C=O) groups excluding carboxylic acids is 2. The Bertz CT molecular complexity index is 1900. The Morgan fingerprint density at radius 3 is 2.58 bits per heavy atom. The fourth-order valence-corrected chi connectivity index (χ4v) is 10.4. The molecule has 5 atom stereocenters. The zero-order valence-electron chi connectivity index (χ0n) is 25.4. The molecule has 0 bridgehead atoms. The molecule has 232 valence electrons. The van der Waals surface area contributed by atoms with Crippen molar-refractivity contribution >= 4 is 36.6 Å². The van der Waals surface area contributed by atoms with Gasteiger partial charge in [-0.3, -0.25) is 14.4 Å². The Morgan fingerprint density at radius 2 is 1.82 bits per heavy atom. The van der Waals surface area contributed by atoms with Crippen LogP contribution in [0.25, 0.3) is 16.5 Å². The van der Waals surface area contributed by atoms with Crippen LogP contribution in [0.3, 0.4) is 0 Å². The van der Waals surface area contributed by atoms with E-state index in [1.54, 1.807) is 41.4 Å². The molecule has 1 aromatic heterocycles. The van der Waals surface area contributed by atoms with Crippen molar-refractivity contribution in [1.29, 1.82) is 0 Å². The summed E-state index contributed by atoms with van der Waals surface area (Å²) in [5.41, 5.74) is 1.53. The lowest BCUT2D eigenvalue weighted by atomic mass is 9.82. The van der Waals surface area contributed by atoms with Crippen LogP contribution in [0.1, 0.15) is 30.0 Å². The maximum atomic E-state index is 13.9. The van der Waals surface area contributed by atoms with Crippen LogP contribution >= 0.6 is 0 Å². The minimum absolute atomic E-state index is 0.0413. The van der Waals surface area contributed by atoms with Gasteiger partial charge in [0, 0.05) is 34.6 Å². The Labute approximate surface area is 261 Å². The molecule has 7 rings (SSSR count). The van der Waals surface area contributed by atoms with Gasteiger partial charge in [0.1, 0.15) is 0 Å². The third kappa shape index (κ3) is 4.64. The molecule has 0 unspecified atom stereocenters. The molecular formula is C34H36N4O6Si. The highest BCUT2D eigenvalue weighted by Crippen LogP contribution is 2.58. The summed E-state index contributed by atoms with van der Waals surface area (Å²) < 4.78 is 8.05. The van der Waals surface area contributed by atoms with Crippen molar-refractivity contribution in [1.82, 2.24) is 14.7 Å². The lowest BCUT2D eigenvalue weighted by molar-refractivity contribution is -0.149. The number of carbonyl (C=O) groups is 2. The van der Waals surface area contributed by atoms with E-state index in [1.165, 1.54) is 4.68 Å². The van der Waals surface area contributed by atoms with Gasteiger partial charge in [0.2, 0.25) is 5.91 Å². The van der Waals surface area contributed by atoms with E-state index in [1.807, 2.05) is 56.4 Å². The van der Waals surface area contributed by atoms with Gasteiger partial charge in [0.25, 0.3) is 11.5 Å². The second kappa shape index (κ2) is 10.7. The fourth-order valence-electron chi connectivity index (χ4n) is 7.82. The van der Waals surface area contributed by atoms with E-state index >= 15 is 0 Å². The maximum Gasteiger partial charge on any atom is 0.279 e. The highest BCUT2D eigenvalue weighted by molar-refractivity contribution is 6.71. The molecule has 45 heavy (non-hydrogen) atoms. The van der Waals surface area contributed by atoms with Crippen LogP contribution in [-0.2, 0) is 32.9 Å². The summed E-state index contributed by atoms with van der Waals surface area (Å²) >= 11 is 0. The van der Waals surface area contributed by atoms with Gasteiger partial charge in [-0.1, -0.05) is 49.4 Å². The van der Waals surface area contributed by atoms with Crippen LogP contribution in [0, 0.1) is 5.92 Å². The molecule has 1 saturated heterocycles. The molecule has 0 saturated carbocycles. The van der Waals surface area contributed by atoms with E-state index < -0.39 is 31.5 Å². The van der Waals surface area contributed by atoms with Crippen molar-refractivity contribution in [2.45, 2.75) is 62.7 Å². The van der Waals surface area contributed by atoms with Crippen molar-refractivity contribution in [3.63, 3.8) is 0 Å². The standard InChI is InChI=1S/C34H36N4O6Si/c1-20-31(45(2,3)43)29(16-30(40)37-18-23-10-5-4-8-21(23)14-25(37)19-39)44-34(20)27-15-24(12-13-28(27)36-33(34)42)38-32(41)26-11-7-6-9-22(26)17-35-38/h4-13,15,17,20,25,29,31,39,43H,14,16,18-19H2,1-3H3,(H,36,42)/t20-,25+,29+,31-,34+/m1/s1. The average molecular weight is 625 g/mol. The summed E-state index contributed by atoms with van der Waals surface area (Å²) in [6, 6.07) is 20.0. The van der Waals surface area contributed by atoms with Crippen LogP contribution < -0.4 is 10.9 Å². The molecule has 1 spiro atoms. The summed E-state index contributed by atoms with van der Waals surface area (Å²) in [7, 11) is -3.00. The fraction of sp³-hybridized carbons (Fsp3) is 0.353. The van der Waals surface area contributed by atoms with Gasteiger partial charge in [-0.15, -0.1) is 0 Å². The topological polar surface area (TPSA) is 134 Å². The molecule has 0 aliphatic carbocycles. The molecule has 3 aliphatic rings. The van der Waals surface area contributed by atoms with Crippen LogP contribution in [0.2, 0.25) is 18.6 Å². The van der Waals surface area contributed by atoms with E-state index in [9.17, 15) is 24.3 Å². The number of nitrogens with one attached hydrogen (secondary N) is 1. The van der Waals surface area contributed by atoms with E-state index in [0.717, 1.165) is 16.5 Å². The molecule has 4 heterocycles. The third-order valence-electron chi connectivity index (χ3n) is 9.92. The van der Waals surface area contributed by atoms with Gasteiger partial charge in [-0.2, -0.15) is 9.78 Å². The van der Waals surface area contributed by atoms with Gasteiger partial charge < -0.3 is 24.9 Å². The monoisotopic (exact) mass is 624 g/mol. The number of anilines is 1. The summed E-state index contributed by atoms with van der Waals surface area (Å²) in [4.78, 5) is 54.5. The molecule has 0 radical (unpaired) electrons. The first-order valence-corrected chi connectivity index (χ1v) is 18.4. The van der Waals surface area contributed by atoms with Crippen molar-refractivity contribution in [3.8, 4) is 5.69 Å². The summed E-state index contributed by atoms with van der Waals surface area (Å²) in [6.45, 7) is 5.72. The zero-order chi connectivity index (χ0) is 31.7. The van der Waals surface area contributed by atoms with E-state index in [2.05, 4.69) is 10.4 Å².